The first kappa shape index (κ1) is 15.8. The molecular weight excluding hydrogens is 292 g/mol. The third-order valence-corrected chi connectivity index (χ3v) is 4.00. The minimum absolute atomic E-state index is 0.182. The van der Waals surface area contributed by atoms with Crippen molar-refractivity contribution in [2.75, 3.05) is 0 Å². The molecule has 2 N–H and O–H groups in total. The molecule has 3 nitrogen and oxygen atoms in total. The van der Waals surface area contributed by atoms with Gasteiger partial charge in [-0.2, -0.15) is 5.10 Å². The van der Waals surface area contributed by atoms with Crippen LogP contribution in [0.3, 0.4) is 0 Å². The first-order valence-corrected chi connectivity index (χ1v) is 7.52. The zero-order valence-corrected chi connectivity index (χ0v) is 12.7. The third-order valence-electron chi connectivity index (χ3n) is 3.79. The summed E-state index contributed by atoms with van der Waals surface area (Å²) in [4.78, 5) is 0. The Morgan fingerprint density at radius 3 is 2.62 bits per heavy atom. The van der Waals surface area contributed by atoms with Gasteiger partial charge in [-0.1, -0.05) is 25.8 Å². The van der Waals surface area contributed by atoms with Gasteiger partial charge in [0.15, 0.2) is 5.11 Å². The van der Waals surface area contributed by atoms with Gasteiger partial charge in [-0.15, -0.1) is 0 Å². The molecule has 1 saturated carbocycles. The number of nitrogens with zero attached hydrogens (tertiary/aromatic N) is 1. The summed E-state index contributed by atoms with van der Waals surface area (Å²) in [5, 5.41) is 7.37. The van der Waals surface area contributed by atoms with E-state index in [1.165, 1.54) is 37.5 Å². The van der Waals surface area contributed by atoms with Gasteiger partial charge < -0.3 is 5.32 Å². The lowest BCUT2D eigenvalue weighted by Crippen LogP contribution is -2.44. The molecule has 21 heavy (non-hydrogen) atoms. The molecule has 0 aliphatic heterocycles. The van der Waals surface area contributed by atoms with Crippen molar-refractivity contribution in [1.82, 2.24) is 10.7 Å². The Balaban J connectivity index is 1.87. The quantitative estimate of drug-likeness (QED) is 0.511. The van der Waals surface area contributed by atoms with Gasteiger partial charge in [0.2, 0.25) is 0 Å². The number of benzene rings is 1. The number of halogens is 2. The van der Waals surface area contributed by atoms with Crippen LogP contribution in [0.15, 0.2) is 23.3 Å². The van der Waals surface area contributed by atoms with Crippen LogP contribution in [0.25, 0.3) is 0 Å². The summed E-state index contributed by atoms with van der Waals surface area (Å²) in [6.45, 7) is 2.19. The molecule has 1 aromatic carbocycles. The molecule has 0 radical (unpaired) electrons. The van der Waals surface area contributed by atoms with Crippen LogP contribution < -0.4 is 10.7 Å². The van der Waals surface area contributed by atoms with Crippen molar-refractivity contribution in [3.63, 3.8) is 0 Å². The molecule has 6 heteroatoms. The molecule has 1 aromatic rings. The molecule has 0 heterocycles. The van der Waals surface area contributed by atoms with Crippen molar-refractivity contribution in [1.29, 1.82) is 0 Å². The van der Waals surface area contributed by atoms with Crippen LogP contribution in [0, 0.1) is 17.6 Å². The highest BCUT2D eigenvalue weighted by molar-refractivity contribution is 7.80. The topological polar surface area (TPSA) is 36.4 Å². The van der Waals surface area contributed by atoms with Gasteiger partial charge in [-0.25, -0.2) is 8.78 Å². The molecule has 114 valence electrons. The average molecular weight is 311 g/mol. The van der Waals surface area contributed by atoms with E-state index in [-0.39, 0.29) is 5.56 Å². The summed E-state index contributed by atoms with van der Waals surface area (Å²) in [5.41, 5.74) is 2.43. The molecule has 1 fully saturated rings. The largest absolute Gasteiger partial charge is 0.358 e. The van der Waals surface area contributed by atoms with E-state index >= 15 is 0 Å². The molecule has 0 aromatic heterocycles. The lowest BCUT2D eigenvalue weighted by atomic mass is 9.86. The number of thiocarbonyl (C=S) groups is 1. The Hall–Kier alpha value is -1.56. The van der Waals surface area contributed by atoms with Crippen molar-refractivity contribution < 1.29 is 8.78 Å². The van der Waals surface area contributed by atoms with Gasteiger partial charge in [-0.3, -0.25) is 5.43 Å². The van der Waals surface area contributed by atoms with Crippen LogP contribution in [-0.4, -0.2) is 17.4 Å². The number of hydrogen-bond donors (Lipinski definition) is 2. The fraction of sp³-hybridized carbons (Fsp3) is 0.467. The molecule has 0 amide bonds. The van der Waals surface area contributed by atoms with E-state index in [1.54, 1.807) is 0 Å². The van der Waals surface area contributed by atoms with Crippen LogP contribution in [-0.2, 0) is 0 Å². The summed E-state index contributed by atoms with van der Waals surface area (Å²) in [6, 6.07) is 4.01. The highest BCUT2D eigenvalue weighted by atomic mass is 32.1. The molecule has 0 unspecified atom stereocenters. The summed E-state index contributed by atoms with van der Waals surface area (Å²) in [6.07, 6.45) is 5.81. The molecule has 0 bridgehead atoms. The smallest absolute Gasteiger partial charge is 0.187 e. The van der Waals surface area contributed by atoms with Crippen LogP contribution in [0.1, 0.15) is 38.2 Å². The van der Waals surface area contributed by atoms with Crippen molar-refractivity contribution in [3.8, 4) is 0 Å². The highest BCUT2D eigenvalue weighted by Gasteiger charge is 2.21. The fourth-order valence-electron chi connectivity index (χ4n) is 2.52. The summed E-state index contributed by atoms with van der Waals surface area (Å²) in [7, 11) is 0. The molecular formula is C15H19F2N3S. The van der Waals surface area contributed by atoms with Crippen LogP contribution >= 0.6 is 12.2 Å². The third kappa shape index (κ3) is 4.46. The van der Waals surface area contributed by atoms with E-state index in [9.17, 15) is 8.78 Å². The van der Waals surface area contributed by atoms with Crippen molar-refractivity contribution in [3.05, 3.63) is 35.4 Å². The summed E-state index contributed by atoms with van der Waals surface area (Å²) < 4.78 is 26.8. The predicted octanol–water partition coefficient (Wildman–Crippen LogP) is 3.34. The molecule has 2 rings (SSSR count). The number of nitrogens with one attached hydrogen (secondary N) is 2. The molecule has 1 aliphatic rings. The van der Waals surface area contributed by atoms with E-state index in [0.29, 0.717) is 17.1 Å². The van der Waals surface area contributed by atoms with Crippen LogP contribution in [0.4, 0.5) is 8.78 Å². The monoisotopic (exact) mass is 311 g/mol. The van der Waals surface area contributed by atoms with Gasteiger partial charge in [0, 0.05) is 6.04 Å². The number of hydrazone groups is 1. The predicted molar refractivity (Wildman–Crippen MR) is 84.2 cm³/mol. The Bertz CT molecular complexity index is 513. The maximum absolute atomic E-state index is 13.4. The maximum Gasteiger partial charge on any atom is 0.187 e. The van der Waals surface area contributed by atoms with E-state index in [1.807, 2.05) is 0 Å². The van der Waals surface area contributed by atoms with Crippen molar-refractivity contribution in [2.24, 2.45) is 11.0 Å². The highest BCUT2D eigenvalue weighted by Crippen LogP contribution is 2.23. The summed E-state index contributed by atoms with van der Waals surface area (Å²) in [5.74, 6) is -0.743. The van der Waals surface area contributed by atoms with E-state index in [4.69, 9.17) is 12.2 Å². The van der Waals surface area contributed by atoms with E-state index in [0.717, 1.165) is 12.6 Å². The van der Waals surface area contributed by atoms with E-state index < -0.39 is 11.6 Å². The Morgan fingerprint density at radius 2 is 1.95 bits per heavy atom. The molecule has 0 saturated heterocycles. The van der Waals surface area contributed by atoms with Gasteiger partial charge >= 0.3 is 0 Å². The second-order valence-corrected chi connectivity index (χ2v) is 5.76. The van der Waals surface area contributed by atoms with Gasteiger partial charge in [0.25, 0.3) is 0 Å². The second-order valence-electron chi connectivity index (χ2n) is 5.35. The summed E-state index contributed by atoms with van der Waals surface area (Å²) >= 11 is 5.15. The van der Waals surface area contributed by atoms with E-state index in [2.05, 4.69) is 22.8 Å². The lowest BCUT2D eigenvalue weighted by Gasteiger charge is -2.30. The van der Waals surface area contributed by atoms with Crippen molar-refractivity contribution in [2.45, 2.75) is 38.6 Å². The minimum atomic E-state index is -0.652. The average Bonchev–Trinajstić information content (AvgIpc) is 2.45. The van der Waals surface area contributed by atoms with Crippen LogP contribution in [0.5, 0.6) is 0 Å². The van der Waals surface area contributed by atoms with Gasteiger partial charge in [-0.05, 0) is 43.1 Å². The molecule has 1 aliphatic carbocycles. The number of hydrogen-bond acceptors (Lipinski definition) is 2. The Kier molecular flexibility index (Phi) is 5.61. The Labute approximate surface area is 128 Å². The van der Waals surface area contributed by atoms with Crippen molar-refractivity contribution >= 4 is 23.5 Å². The maximum atomic E-state index is 13.4. The Morgan fingerprint density at radius 1 is 1.29 bits per heavy atom. The first-order chi connectivity index (χ1) is 10.1. The fourth-order valence-corrected chi connectivity index (χ4v) is 2.72. The first-order valence-electron chi connectivity index (χ1n) is 7.11. The SMILES string of the molecule is C[C@@H]1CCCC[C@@H]1NC(=S)N/N=C\c1c(F)cccc1F. The molecule has 0 spiro atoms. The standard InChI is InChI=1S/C15H19F2N3S/c1-10-5-2-3-8-14(10)19-15(21)20-18-9-11-12(16)6-4-7-13(11)17/h4,6-7,9-10,14H,2-3,5,8H2,1H3,(H2,19,20,21)/b18-9-/t10-,14+/m1/s1. The lowest BCUT2D eigenvalue weighted by molar-refractivity contribution is 0.308. The van der Waals surface area contributed by atoms with Crippen LogP contribution in [0.2, 0.25) is 0 Å². The number of rotatable bonds is 3. The minimum Gasteiger partial charge on any atom is -0.358 e. The normalized spacial score (nSPS) is 22.2. The molecule has 2 atom stereocenters. The zero-order valence-electron chi connectivity index (χ0n) is 11.9. The van der Waals surface area contributed by atoms with Gasteiger partial charge in [0.1, 0.15) is 11.6 Å². The van der Waals surface area contributed by atoms with Gasteiger partial charge in [0.05, 0.1) is 11.8 Å². The zero-order chi connectivity index (χ0) is 15.2. The second kappa shape index (κ2) is 7.45.